The number of ether oxygens (including phenoxy) is 3. The summed E-state index contributed by atoms with van der Waals surface area (Å²) in [4.78, 5) is 37.3. The van der Waals surface area contributed by atoms with Gasteiger partial charge in [0.05, 0.1) is 5.41 Å². The number of unbranched alkanes of at least 4 members (excludes halogenated alkanes) is 2. The summed E-state index contributed by atoms with van der Waals surface area (Å²) in [5.74, 6) is -1.39. The molecule has 0 saturated heterocycles. The number of allylic oxidation sites excluding steroid dienone is 6. The molecule has 0 amide bonds. The number of esters is 3. The molecule has 4 rings (SSSR count). The first-order valence-corrected chi connectivity index (χ1v) is 16.4. The molecule has 0 spiro atoms. The van der Waals surface area contributed by atoms with Gasteiger partial charge in [0, 0.05) is 61.3 Å². The molecule has 0 saturated carbocycles. The molecule has 8 nitrogen and oxygen atoms in total. The van der Waals surface area contributed by atoms with Gasteiger partial charge < -0.3 is 19.1 Å². The van der Waals surface area contributed by atoms with E-state index >= 15 is 0 Å². The number of fused-ring (bicyclic) bond motifs is 2. The molecule has 0 fully saturated rings. The zero-order valence-electron chi connectivity index (χ0n) is 28.9. The molecule has 47 heavy (non-hydrogen) atoms. The molecule has 8 heteroatoms. The van der Waals surface area contributed by atoms with Crippen molar-refractivity contribution in [2.75, 3.05) is 31.7 Å². The van der Waals surface area contributed by atoms with E-state index in [9.17, 15) is 14.4 Å². The summed E-state index contributed by atoms with van der Waals surface area (Å²) in [6.45, 7) is 12.1. The summed E-state index contributed by atoms with van der Waals surface area (Å²) in [6.07, 6.45) is 12.6. The van der Waals surface area contributed by atoms with Gasteiger partial charge in [-0.1, -0.05) is 74.9 Å². The standard InChI is InChI=1S/C39H49N2O6/c1-28(42)45-26-30(27-46-29(2)43)47-37(44)24-12-9-17-25-41-34-21-16-14-19-32(34)39(5,6)36(41)23-11-8-10-22-35-38(3,4)31-18-13-15-20-33(31)40(35)7/h8,10-11,13-16,18-23,30H,9,12,17,24-27H2,1-7H3/q+1. The van der Waals surface area contributed by atoms with Gasteiger partial charge in [-0.25, -0.2) is 0 Å². The average Bonchev–Trinajstić information content (AvgIpc) is 3.36. The van der Waals surface area contributed by atoms with Gasteiger partial charge in [0.15, 0.2) is 11.8 Å². The number of para-hydroxylation sites is 2. The summed E-state index contributed by atoms with van der Waals surface area (Å²) >= 11 is 0. The molecule has 2 aliphatic heterocycles. The summed E-state index contributed by atoms with van der Waals surface area (Å²) in [7, 11) is 2.13. The van der Waals surface area contributed by atoms with Crippen LogP contribution in [0.1, 0.15) is 78.4 Å². The van der Waals surface area contributed by atoms with Gasteiger partial charge in [0.2, 0.25) is 5.69 Å². The molecule has 0 atom stereocenters. The van der Waals surface area contributed by atoms with Gasteiger partial charge >= 0.3 is 17.9 Å². The Morgan fingerprint density at radius 3 is 2.11 bits per heavy atom. The molecule has 2 aromatic rings. The molecule has 0 bridgehead atoms. The zero-order valence-corrected chi connectivity index (χ0v) is 28.9. The predicted octanol–water partition coefficient (Wildman–Crippen LogP) is 7.09. The Balaban J connectivity index is 1.36. The smallest absolute Gasteiger partial charge is 0.306 e. The molecule has 0 aromatic heterocycles. The Morgan fingerprint density at radius 1 is 0.809 bits per heavy atom. The largest absolute Gasteiger partial charge is 0.462 e. The zero-order chi connectivity index (χ0) is 34.2. The van der Waals surface area contributed by atoms with E-state index < -0.39 is 24.0 Å². The minimum Gasteiger partial charge on any atom is -0.462 e. The fourth-order valence-electron chi connectivity index (χ4n) is 6.54. The van der Waals surface area contributed by atoms with Gasteiger partial charge in [-0.15, -0.1) is 0 Å². The highest BCUT2D eigenvalue weighted by Gasteiger charge is 2.42. The Labute approximate surface area is 279 Å². The lowest BCUT2D eigenvalue weighted by atomic mass is 9.81. The number of rotatable bonds is 14. The first kappa shape index (κ1) is 35.4. The Hall–Kier alpha value is -4.46. The van der Waals surface area contributed by atoms with Crippen molar-refractivity contribution in [2.24, 2.45) is 0 Å². The third-order valence-corrected chi connectivity index (χ3v) is 8.98. The van der Waals surface area contributed by atoms with Crippen molar-refractivity contribution in [2.45, 2.75) is 84.2 Å². The molecule has 0 unspecified atom stereocenters. The van der Waals surface area contributed by atoms with Crippen molar-refractivity contribution in [1.29, 1.82) is 0 Å². The highest BCUT2D eigenvalue weighted by atomic mass is 16.6. The number of carbonyl (C=O) groups excluding carboxylic acids is 3. The first-order valence-electron chi connectivity index (χ1n) is 16.4. The van der Waals surface area contributed by atoms with Crippen LogP contribution in [0, 0.1) is 0 Å². The summed E-state index contributed by atoms with van der Waals surface area (Å²) in [5, 5.41) is 0. The second kappa shape index (κ2) is 15.4. The van der Waals surface area contributed by atoms with E-state index in [4.69, 9.17) is 14.2 Å². The minimum absolute atomic E-state index is 0.0632. The molecular weight excluding hydrogens is 592 g/mol. The fraction of sp³-hybridized carbons (Fsp3) is 0.436. The van der Waals surface area contributed by atoms with Crippen LogP contribution < -0.4 is 4.90 Å². The topological polar surface area (TPSA) is 85.2 Å². The maximum Gasteiger partial charge on any atom is 0.306 e. The maximum atomic E-state index is 12.5. The fourth-order valence-corrected chi connectivity index (χ4v) is 6.54. The van der Waals surface area contributed by atoms with Gasteiger partial charge in [-0.2, -0.15) is 4.58 Å². The predicted molar refractivity (Wildman–Crippen MR) is 185 cm³/mol. The van der Waals surface area contributed by atoms with Crippen LogP contribution in [0.25, 0.3) is 0 Å². The Morgan fingerprint density at radius 2 is 1.45 bits per heavy atom. The lowest BCUT2D eigenvalue weighted by Crippen LogP contribution is -2.30. The van der Waals surface area contributed by atoms with E-state index in [1.54, 1.807) is 0 Å². The van der Waals surface area contributed by atoms with Crippen molar-refractivity contribution in [3.8, 4) is 0 Å². The molecule has 2 heterocycles. The van der Waals surface area contributed by atoms with Crippen LogP contribution in [0.5, 0.6) is 0 Å². The number of hydrogen-bond donors (Lipinski definition) is 0. The van der Waals surface area contributed by atoms with E-state index in [0.29, 0.717) is 6.42 Å². The molecule has 0 aliphatic carbocycles. The molecule has 2 aliphatic rings. The van der Waals surface area contributed by atoms with Crippen molar-refractivity contribution in [1.82, 2.24) is 0 Å². The summed E-state index contributed by atoms with van der Waals surface area (Å²) in [5.41, 5.74) is 7.39. The van der Waals surface area contributed by atoms with Gasteiger partial charge in [0.25, 0.3) is 0 Å². The normalized spacial score (nSPS) is 17.1. The molecule has 0 radical (unpaired) electrons. The number of nitrogens with zero attached hydrogens (tertiary/aromatic N) is 2. The highest BCUT2D eigenvalue weighted by Crippen LogP contribution is 2.47. The van der Waals surface area contributed by atoms with Crippen molar-refractivity contribution in [3.63, 3.8) is 0 Å². The number of benzene rings is 2. The lowest BCUT2D eigenvalue weighted by molar-refractivity contribution is -0.401. The van der Waals surface area contributed by atoms with Crippen LogP contribution in [0.2, 0.25) is 0 Å². The monoisotopic (exact) mass is 641 g/mol. The van der Waals surface area contributed by atoms with Gasteiger partial charge in [-0.05, 0) is 44.4 Å². The van der Waals surface area contributed by atoms with Crippen molar-refractivity contribution < 1.29 is 33.2 Å². The summed E-state index contributed by atoms with van der Waals surface area (Å²) < 4.78 is 17.6. The van der Waals surface area contributed by atoms with Gasteiger partial charge in [0.1, 0.15) is 20.3 Å². The summed E-state index contributed by atoms with van der Waals surface area (Å²) in [6, 6.07) is 17.1. The Bertz CT molecular complexity index is 1580. The van der Waals surface area contributed by atoms with Crippen molar-refractivity contribution in [3.05, 3.63) is 95.7 Å². The lowest BCUT2D eigenvalue weighted by Gasteiger charge is -2.27. The van der Waals surface area contributed by atoms with E-state index in [-0.39, 0.29) is 30.5 Å². The van der Waals surface area contributed by atoms with Gasteiger partial charge in [-0.3, -0.25) is 14.4 Å². The SMILES string of the molecule is CC(=O)OCC(COC(C)=O)OC(=O)CCCCCN1/C(=C/C=C/C=C/C2=[N+](C)c3ccccc3C2(C)C)C(C)(C)c2ccccc21. The van der Waals surface area contributed by atoms with Crippen LogP contribution in [0.3, 0.4) is 0 Å². The molecule has 0 N–H and O–H groups in total. The number of hydrogen-bond acceptors (Lipinski definition) is 7. The molecular formula is C39H49N2O6+. The van der Waals surface area contributed by atoms with Crippen LogP contribution in [-0.2, 0) is 39.4 Å². The van der Waals surface area contributed by atoms with Crippen LogP contribution in [-0.4, -0.2) is 61.1 Å². The van der Waals surface area contributed by atoms with Crippen LogP contribution >= 0.6 is 0 Å². The third-order valence-electron chi connectivity index (χ3n) is 8.98. The number of anilines is 1. The second-order valence-corrected chi connectivity index (χ2v) is 13.2. The van der Waals surface area contributed by atoms with E-state index in [1.165, 1.54) is 47.8 Å². The highest BCUT2D eigenvalue weighted by molar-refractivity contribution is 6.03. The maximum absolute atomic E-state index is 12.5. The second-order valence-electron chi connectivity index (χ2n) is 13.2. The van der Waals surface area contributed by atoms with Crippen molar-refractivity contribution >= 4 is 35.0 Å². The minimum atomic E-state index is -0.824. The van der Waals surface area contributed by atoms with E-state index in [2.05, 4.69) is 123 Å². The quantitative estimate of drug-likeness (QED) is 0.0716. The first-order chi connectivity index (χ1) is 22.3. The van der Waals surface area contributed by atoms with E-state index in [0.717, 1.165) is 19.4 Å². The molecule has 2 aromatic carbocycles. The number of carbonyl (C=O) groups is 3. The Kier molecular flexibility index (Phi) is 11.6. The van der Waals surface area contributed by atoms with E-state index in [1.807, 2.05) is 0 Å². The third kappa shape index (κ3) is 8.47. The molecule has 250 valence electrons. The van der Waals surface area contributed by atoms with Crippen LogP contribution in [0.4, 0.5) is 11.4 Å². The average molecular weight is 642 g/mol. The van der Waals surface area contributed by atoms with Crippen LogP contribution in [0.15, 0.2) is 84.6 Å².